The fourth-order valence-corrected chi connectivity index (χ4v) is 3.31. The Morgan fingerprint density at radius 2 is 1.81 bits per heavy atom. The van der Waals surface area contributed by atoms with Crippen molar-refractivity contribution in [1.29, 1.82) is 0 Å². The van der Waals surface area contributed by atoms with Gasteiger partial charge in [-0.05, 0) is 31.9 Å². The van der Waals surface area contributed by atoms with Crippen molar-refractivity contribution in [1.82, 2.24) is 9.13 Å². The number of aryl methyl sites for hydroxylation is 1. The van der Waals surface area contributed by atoms with Crippen LogP contribution in [0.5, 0.6) is 0 Å². The highest BCUT2D eigenvalue weighted by molar-refractivity contribution is 5.93. The number of amides is 1. The highest BCUT2D eigenvalue weighted by Crippen LogP contribution is 2.22. The zero-order chi connectivity index (χ0) is 18.8. The molecule has 3 rings (SSSR count). The van der Waals surface area contributed by atoms with Gasteiger partial charge in [-0.3, -0.25) is 18.7 Å². The predicted molar refractivity (Wildman–Crippen MR) is 102 cm³/mol. The molecule has 138 valence electrons. The molecule has 1 atom stereocenters. The summed E-state index contributed by atoms with van der Waals surface area (Å²) in [5.41, 5.74) is 1.21. The molecule has 1 fully saturated rings. The number of piperidine rings is 1. The SMILES string of the molecule is Cc1ccc(NC(=O)C2CCCN(c3cc(=O)n(C)c(=O)n3C)C2)cc1. The number of carbonyl (C=O) groups excluding carboxylic acids is 1. The predicted octanol–water partition coefficient (Wildman–Crippen LogP) is 1.25. The second-order valence-corrected chi connectivity index (χ2v) is 6.88. The molecule has 0 saturated carbocycles. The third kappa shape index (κ3) is 3.56. The van der Waals surface area contributed by atoms with Crippen molar-refractivity contribution in [2.45, 2.75) is 19.8 Å². The lowest BCUT2D eigenvalue weighted by Crippen LogP contribution is -2.45. The van der Waals surface area contributed by atoms with Crippen molar-refractivity contribution in [2.75, 3.05) is 23.3 Å². The Hall–Kier alpha value is -2.83. The molecule has 0 spiro atoms. The number of nitrogens with one attached hydrogen (secondary N) is 1. The van der Waals surface area contributed by atoms with Gasteiger partial charge < -0.3 is 10.2 Å². The Labute approximate surface area is 151 Å². The Bertz CT molecular complexity index is 927. The summed E-state index contributed by atoms with van der Waals surface area (Å²) in [6, 6.07) is 9.15. The summed E-state index contributed by atoms with van der Waals surface area (Å²) in [7, 11) is 3.11. The first-order valence-corrected chi connectivity index (χ1v) is 8.76. The van der Waals surface area contributed by atoms with Gasteiger partial charge in [0.05, 0.1) is 5.92 Å². The molecule has 1 amide bonds. The maximum absolute atomic E-state index is 12.6. The molecule has 2 heterocycles. The van der Waals surface area contributed by atoms with Gasteiger partial charge in [0.2, 0.25) is 5.91 Å². The Balaban J connectivity index is 1.77. The fourth-order valence-electron chi connectivity index (χ4n) is 3.31. The molecule has 1 aromatic carbocycles. The number of carbonyl (C=O) groups is 1. The van der Waals surface area contributed by atoms with E-state index in [1.807, 2.05) is 36.1 Å². The van der Waals surface area contributed by atoms with Crippen LogP contribution in [0, 0.1) is 12.8 Å². The number of anilines is 2. The topological polar surface area (TPSA) is 76.3 Å². The molecule has 0 aliphatic carbocycles. The van der Waals surface area contributed by atoms with E-state index in [0.29, 0.717) is 12.4 Å². The molecule has 1 aromatic heterocycles. The van der Waals surface area contributed by atoms with Gasteiger partial charge in [-0.25, -0.2) is 4.79 Å². The first-order valence-electron chi connectivity index (χ1n) is 8.76. The molecule has 1 aliphatic heterocycles. The number of hydrogen-bond acceptors (Lipinski definition) is 4. The minimum absolute atomic E-state index is 0.0348. The maximum Gasteiger partial charge on any atom is 0.332 e. The third-order valence-electron chi connectivity index (χ3n) is 4.94. The molecule has 2 aromatic rings. The lowest BCUT2D eigenvalue weighted by atomic mass is 9.97. The molecular weight excluding hydrogens is 332 g/mol. The van der Waals surface area contributed by atoms with E-state index in [4.69, 9.17) is 0 Å². The Morgan fingerprint density at radius 1 is 1.12 bits per heavy atom. The lowest BCUT2D eigenvalue weighted by molar-refractivity contribution is -0.120. The molecular formula is C19H24N4O3. The zero-order valence-corrected chi connectivity index (χ0v) is 15.4. The van der Waals surface area contributed by atoms with Gasteiger partial charge in [-0.1, -0.05) is 17.7 Å². The first kappa shape index (κ1) is 18.0. The van der Waals surface area contributed by atoms with Gasteiger partial charge in [-0.15, -0.1) is 0 Å². The van der Waals surface area contributed by atoms with Gasteiger partial charge in [0, 0.05) is 38.9 Å². The average molecular weight is 356 g/mol. The number of hydrogen-bond donors (Lipinski definition) is 1. The molecule has 7 nitrogen and oxygen atoms in total. The summed E-state index contributed by atoms with van der Waals surface area (Å²) >= 11 is 0. The summed E-state index contributed by atoms with van der Waals surface area (Å²) < 4.78 is 2.54. The molecule has 1 unspecified atom stereocenters. The van der Waals surface area contributed by atoms with Crippen molar-refractivity contribution >= 4 is 17.4 Å². The smallest absolute Gasteiger partial charge is 0.332 e. The monoisotopic (exact) mass is 356 g/mol. The van der Waals surface area contributed by atoms with E-state index in [2.05, 4.69) is 5.32 Å². The fraction of sp³-hybridized carbons (Fsp3) is 0.421. The third-order valence-corrected chi connectivity index (χ3v) is 4.94. The van der Waals surface area contributed by atoms with Crippen molar-refractivity contribution < 1.29 is 4.79 Å². The van der Waals surface area contributed by atoms with E-state index in [0.717, 1.165) is 35.2 Å². The summed E-state index contributed by atoms with van der Waals surface area (Å²) in [4.78, 5) is 38.7. The number of nitrogens with zero attached hydrogens (tertiary/aromatic N) is 3. The van der Waals surface area contributed by atoms with Gasteiger partial charge in [0.25, 0.3) is 5.56 Å². The largest absolute Gasteiger partial charge is 0.357 e. The Morgan fingerprint density at radius 3 is 2.50 bits per heavy atom. The average Bonchev–Trinajstić information content (AvgIpc) is 2.65. The van der Waals surface area contributed by atoms with Crippen LogP contribution in [-0.4, -0.2) is 28.1 Å². The summed E-state index contributed by atoms with van der Waals surface area (Å²) in [6.45, 7) is 3.20. The van der Waals surface area contributed by atoms with Crippen molar-refractivity contribution in [3.05, 3.63) is 56.7 Å². The van der Waals surface area contributed by atoms with Gasteiger partial charge in [-0.2, -0.15) is 0 Å². The van der Waals surface area contributed by atoms with Gasteiger partial charge >= 0.3 is 5.69 Å². The van der Waals surface area contributed by atoms with Crippen LogP contribution >= 0.6 is 0 Å². The normalized spacial score (nSPS) is 17.2. The highest BCUT2D eigenvalue weighted by atomic mass is 16.2. The van der Waals surface area contributed by atoms with Crippen LogP contribution < -0.4 is 21.5 Å². The first-order chi connectivity index (χ1) is 12.4. The molecule has 0 radical (unpaired) electrons. The van der Waals surface area contributed by atoms with Crippen LogP contribution in [0.2, 0.25) is 0 Å². The van der Waals surface area contributed by atoms with Crippen LogP contribution in [0.3, 0.4) is 0 Å². The lowest BCUT2D eigenvalue weighted by Gasteiger charge is -2.34. The molecule has 26 heavy (non-hydrogen) atoms. The highest BCUT2D eigenvalue weighted by Gasteiger charge is 2.27. The molecule has 1 saturated heterocycles. The van der Waals surface area contributed by atoms with Gasteiger partial charge in [0.1, 0.15) is 5.82 Å². The summed E-state index contributed by atoms with van der Waals surface area (Å²) in [5.74, 6) is 0.336. The summed E-state index contributed by atoms with van der Waals surface area (Å²) in [5, 5.41) is 2.96. The van der Waals surface area contributed by atoms with Gasteiger partial charge in [0.15, 0.2) is 0 Å². The number of rotatable bonds is 3. The van der Waals surface area contributed by atoms with Crippen LogP contribution in [0.25, 0.3) is 0 Å². The summed E-state index contributed by atoms with van der Waals surface area (Å²) in [6.07, 6.45) is 1.61. The number of benzene rings is 1. The van der Waals surface area contributed by atoms with E-state index >= 15 is 0 Å². The Kier molecular flexibility index (Phi) is 4.97. The van der Waals surface area contributed by atoms with E-state index in [9.17, 15) is 14.4 Å². The van der Waals surface area contributed by atoms with Crippen LogP contribution in [-0.2, 0) is 18.9 Å². The molecule has 1 N–H and O–H groups in total. The van der Waals surface area contributed by atoms with E-state index in [1.54, 1.807) is 7.05 Å². The minimum atomic E-state index is -0.362. The zero-order valence-electron chi connectivity index (χ0n) is 15.4. The molecule has 7 heteroatoms. The van der Waals surface area contributed by atoms with Crippen molar-refractivity contribution in [3.63, 3.8) is 0 Å². The second-order valence-electron chi connectivity index (χ2n) is 6.88. The maximum atomic E-state index is 12.6. The van der Waals surface area contributed by atoms with E-state index in [1.165, 1.54) is 17.7 Å². The van der Waals surface area contributed by atoms with Crippen molar-refractivity contribution in [3.8, 4) is 0 Å². The number of aromatic nitrogens is 2. The van der Waals surface area contributed by atoms with Crippen LogP contribution in [0.4, 0.5) is 11.5 Å². The van der Waals surface area contributed by atoms with Crippen LogP contribution in [0.1, 0.15) is 18.4 Å². The van der Waals surface area contributed by atoms with E-state index < -0.39 is 0 Å². The van der Waals surface area contributed by atoms with Crippen molar-refractivity contribution in [2.24, 2.45) is 20.0 Å². The molecule has 0 bridgehead atoms. The van der Waals surface area contributed by atoms with E-state index in [-0.39, 0.29) is 23.1 Å². The second kappa shape index (κ2) is 7.19. The molecule has 1 aliphatic rings. The van der Waals surface area contributed by atoms with Crippen LogP contribution in [0.15, 0.2) is 39.9 Å². The quantitative estimate of drug-likeness (QED) is 0.898. The standard InChI is InChI=1S/C19H24N4O3/c1-13-6-8-15(9-7-13)20-18(25)14-5-4-10-23(12-14)16-11-17(24)22(3)19(26)21(16)2/h6-9,11,14H,4-5,10,12H2,1-3H3,(H,20,25). The minimum Gasteiger partial charge on any atom is -0.357 e.